The summed E-state index contributed by atoms with van der Waals surface area (Å²) in [4.78, 5) is 53.5. The molecule has 0 aromatic rings. The molecule has 4 fully saturated rings. The zero-order valence-corrected chi connectivity index (χ0v) is 36.3. The first-order valence-electron chi connectivity index (χ1n) is 21.8. The fourth-order valence-electron chi connectivity index (χ4n) is 10.8. The lowest BCUT2D eigenvalue weighted by molar-refractivity contribution is -0.409. The van der Waals surface area contributed by atoms with Crippen molar-refractivity contribution in [3.05, 3.63) is 12.2 Å². The molecule has 2 spiro atoms. The number of ether oxygens (including phenoxy) is 6. The van der Waals surface area contributed by atoms with Crippen LogP contribution in [0.25, 0.3) is 0 Å². The number of rotatable bonds is 13. The van der Waals surface area contributed by atoms with Gasteiger partial charge in [-0.2, -0.15) is 0 Å². The van der Waals surface area contributed by atoms with E-state index in [1.165, 1.54) is 6.92 Å². The maximum absolute atomic E-state index is 14.5. The Morgan fingerprint density at radius 1 is 0.839 bits per heavy atom. The molecule has 0 unspecified atom stereocenters. The van der Waals surface area contributed by atoms with Crippen molar-refractivity contribution >= 4 is 23.3 Å². The lowest BCUT2D eigenvalue weighted by Gasteiger charge is -2.54. The molecule has 5 heterocycles. The van der Waals surface area contributed by atoms with Crippen LogP contribution < -0.4 is 0 Å². The molecule has 56 heavy (non-hydrogen) atoms. The van der Waals surface area contributed by atoms with Crippen molar-refractivity contribution < 1.29 is 52.7 Å². The van der Waals surface area contributed by atoms with Crippen LogP contribution in [0.2, 0.25) is 0 Å². The fourth-order valence-corrected chi connectivity index (χ4v) is 10.8. The minimum atomic E-state index is -1.38. The molecular formula is C45H72O11. The van der Waals surface area contributed by atoms with Crippen LogP contribution >= 0.6 is 0 Å². The zero-order chi connectivity index (χ0) is 41.5. The topological polar surface area (TPSA) is 144 Å². The molecule has 0 saturated carbocycles. The molecule has 5 aliphatic rings. The normalized spacial score (nSPS) is 43.6. The van der Waals surface area contributed by atoms with Gasteiger partial charge in [0.1, 0.15) is 17.3 Å². The van der Waals surface area contributed by atoms with Gasteiger partial charge in [-0.05, 0) is 109 Å². The molecule has 0 aromatic heterocycles. The monoisotopic (exact) mass is 789 g/mol. The number of carbonyl (C=O) groups is 4. The van der Waals surface area contributed by atoms with Crippen LogP contribution in [-0.2, 0) is 47.6 Å². The summed E-state index contributed by atoms with van der Waals surface area (Å²) in [6.07, 6.45) is 7.15. The molecule has 11 nitrogen and oxygen atoms in total. The molecule has 318 valence electrons. The van der Waals surface area contributed by atoms with Gasteiger partial charge in [-0.25, -0.2) is 0 Å². The highest BCUT2D eigenvalue weighted by atomic mass is 16.8. The van der Waals surface area contributed by atoms with Crippen LogP contribution in [0.4, 0.5) is 0 Å². The van der Waals surface area contributed by atoms with E-state index in [-0.39, 0.29) is 65.4 Å². The molecule has 4 saturated heterocycles. The molecule has 17 atom stereocenters. The second-order valence-corrected chi connectivity index (χ2v) is 18.5. The Bertz CT molecular complexity index is 1480. The van der Waals surface area contributed by atoms with E-state index in [4.69, 9.17) is 28.4 Å². The van der Waals surface area contributed by atoms with Gasteiger partial charge in [0.05, 0.1) is 47.6 Å². The van der Waals surface area contributed by atoms with Gasteiger partial charge in [0.25, 0.3) is 0 Å². The molecule has 1 N–H and O–H groups in total. The van der Waals surface area contributed by atoms with E-state index in [9.17, 15) is 24.3 Å². The average molecular weight is 789 g/mol. The van der Waals surface area contributed by atoms with Gasteiger partial charge in [-0.3, -0.25) is 19.2 Å². The van der Waals surface area contributed by atoms with Crippen LogP contribution in [0.5, 0.6) is 0 Å². The molecule has 0 radical (unpaired) electrons. The number of hydrogen-bond acceptors (Lipinski definition) is 11. The largest absolute Gasteiger partial charge is 0.453 e. The zero-order valence-electron chi connectivity index (χ0n) is 36.3. The minimum Gasteiger partial charge on any atom is -0.453 e. The van der Waals surface area contributed by atoms with Gasteiger partial charge < -0.3 is 33.5 Å². The van der Waals surface area contributed by atoms with Crippen molar-refractivity contribution in [1.29, 1.82) is 0 Å². The second-order valence-electron chi connectivity index (χ2n) is 18.5. The van der Waals surface area contributed by atoms with E-state index in [0.29, 0.717) is 51.4 Å². The first-order valence-corrected chi connectivity index (χ1v) is 21.8. The Labute approximate surface area is 335 Å². The number of carbonyl (C=O) groups excluding carboxylic acids is 4. The Kier molecular flexibility index (Phi) is 13.9. The first-order chi connectivity index (χ1) is 26.2. The highest BCUT2D eigenvalue weighted by Crippen LogP contribution is 2.54. The summed E-state index contributed by atoms with van der Waals surface area (Å²) >= 11 is 0. The number of esters is 1. The van der Waals surface area contributed by atoms with Crippen molar-refractivity contribution in [1.82, 2.24) is 0 Å². The standard InChI is InChI=1S/C45H72O11/c1-13-33(30(9)46)35-17-16-25(4)40(53-35)29(8)38(48)28(7)39(49)34(14-2)41-26(5)24-27(6)44(54-41)21-19-37(52-32(11)47)45(56-44)23-22-42(12,55-45)36-18-20-43(50,15-3)31(10)51-36/h19,21,25-29,31,33-37,40-41,50H,13-18,20,22-24H2,1-12H3/t25-,26-,27+,28-,29-,31-,33-,34-,35+,36+,37+,40+,41-,42-,43+,44-,45-/m0/s1. The summed E-state index contributed by atoms with van der Waals surface area (Å²) in [6, 6.07) is 0. The maximum atomic E-state index is 14.5. The number of ketones is 3. The van der Waals surface area contributed by atoms with Gasteiger partial charge in [-0.15, -0.1) is 0 Å². The molecule has 11 heteroatoms. The van der Waals surface area contributed by atoms with Gasteiger partial charge in [0, 0.05) is 37.0 Å². The predicted molar refractivity (Wildman–Crippen MR) is 210 cm³/mol. The van der Waals surface area contributed by atoms with Crippen LogP contribution in [-0.4, -0.2) is 87.8 Å². The molecule has 5 aliphatic heterocycles. The first kappa shape index (κ1) is 45.1. The number of aliphatic hydroxyl groups is 1. The van der Waals surface area contributed by atoms with Gasteiger partial charge in [0.2, 0.25) is 5.79 Å². The van der Waals surface area contributed by atoms with Crippen molar-refractivity contribution in [2.45, 2.75) is 207 Å². The minimum absolute atomic E-state index is 0.0207. The summed E-state index contributed by atoms with van der Waals surface area (Å²) in [5.74, 6) is -5.57. The van der Waals surface area contributed by atoms with Crippen LogP contribution in [0, 0.1) is 41.4 Å². The van der Waals surface area contributed by atoms with Crippen molar-refractivity contribution in [3.8, 4) is 0 Å². The average Bonchev–Trinajstić information content (AvgIpc) is 3.49. The van der Waals surface area contributed by atoms with Crippen LogP contribution in [0.3, 0.4) is 0 Å². The Balaban J connectivity index is 1.36. The van der Waals surface area contributed by atoms with E-state index in [1.54, 1.807) is 13.8 Å². The van der Waals surface area contributed by atoms with E-state index >= 15 is 0 Å². The van der Waals surface area contributed by atoms with E-state index in [2.05, 4.69) is 20.8 Å². The molecule has 0 amide bonds. The number of hydrogen-bond donors (Lipinski definition) is 1. The molecule has 0 aromatic carbocycles. The lowest BCUT2D eigenvalue weighted by Crippen LogP contribution is -2.63. The summed E-state index contributed by atoms with van der Waals surface area (Å²) in [6.45, 7) is 22.6. The molecular weight excluding hydrogens is 716 g/mol. The molecule has 0 aliphatic carbocycles. The van der Waals surface area contributed by atoms with E-state index < -0.39 is 58.7 Å². The van der Waals surface area contributed by atoms with E-state index in [0.717, 1.165) is 12.8 Å². The lowest BCUT2D eigenvalue weighted by atomic mass is 9.73. The summed E-state index contributed by atoms with van der Waals surface area (Å²) < 4.78 is 39.9. The molecule has 0 bridgehead atoms. The summed E-state index contributed by atoms with van der Waals surface area (Å²) in [5.41, 5.74) is -1.70. The van der Waals surface area contributed by atoms with Crippen molar-refractivity contribution in [3.63, 3.8) is 0 Å². The third kappa shape index (κ3) is 8.51. The third-order valence-corrected chi connectivity index (χ3v) is 14.7. The van der Waals surface area contributed by atoms with Gasteiger partial charge >= 0.3 is 5.97 Å². The Morgan fingerprint density at radius 3 is 2.11 bits per heavy atom. The quantitative estimate of drug-likeness (QED) is 0.113. The van der Waals surface area contributed by atoms with Crippen LogP contribution in [0.15, 0.2) is 12.2 Å². The second kappa shape index (κ2) is 17.3. The Morgan fingerprint density at radius 2 is 1.52 bits per heavy atom. The summed E-state index contributed by atoms with van der Waals surface area (Å²) in [5, 5.41) is 11.1. The third-order valence-electron chi connectivity index (χ3n) is 14.7. The maximum Gasteiger partial charge on any atom is 0.303 e. The van der Waals surface area contributed by atoms with Gasteiger partial charge in [-0.1, -0.05) is 48.5 Å². The highest BCUT2D eigenvalue weighted by molar-refractivity contribution is 6.04. The van der Waals surface area contributed by atoms with Crippen LogP contribution in [0.1, 0.15) is 147 Å². The van der Waals surface area contributed by atoms with Crippen molar-refractivity contribution in [2.75, 3.05) is 0 Å². The number of Topliss-reactive ketones (excluding diaryl/α,β-unsaturated/α-hetero) is 3. The SMILES string of the molecule is CC[C@@H](C(=O)[C@@H](C)C(=O)[C@H](C)[C@@H]1O[C@@H]([C@@H](CC)C(C)=O)CC[C@@H]1C)[C@H]1O[C@]2(C=C[C@@H](OC(C)=O)[C@]3(CC[C@@](C)([C@H]4CC[C@](O)(CC)[C@H](C)O4)O3)O2)[C@H](C)C[C@@H]1C. The molecule has 5 rings (SSSR count). The smallest absolute Gasteiger partial charge is 0.303 e. The van der Waals surface area contributed by atoms with Crippen molar-refractivity contribution in [2.24, 2.45) is 41.4 Å². The highest BCUT2D eigenvalue weighted by Gasteiger charge is 2.64. The van der Waals surface area contributed by atoms with E-state index in [1.807, 2.05) is 53.7 Å². The summed E-state index contributed by atoms with van der Waals surface area (Å²) in [7, 11) is 0. The van der Waals surface area contributed by atoms with Gasteiger partial charge in [0.15, 0.2) is 11.9 Å². The fraction of sp³-hybridized carbons (Fsp3) is 0.867. The predicted octanol–water partition coefficient (Wildman–Crippen LogP) is 7.47. The Hall–Kier alpha value is -2.02.